The summed E-state index contributed by atoms with van der Waals surface area (Å²) in [5.41, 5.74) is -6.51. The fraction of sp³-hybridized carbons (Fsp3) is 0.435. The molecule has 1 aliphatic carbocycles. The Bertz CT molecular complexity index is 1460. The van der Waals surface area contributed by atoms with Crippen molar-refractivity contribution in [2.24, 2.45) is 12.0 Å². The number of amides is 1. The van der Waals surface area contributed by atoms with Crippen LogP contribution in [0.1, 0.15) is 37.8 Å². The molecule has 0 atom stereocenters. The van der Waals surface area contributed by atoms with Crippen molar-refractivity contribution in [1.29, 1.82) is 0 Å². The van der Waals surface area contributed by atoms with Crippen LogP contribution in [0.4, 0.5) is 23.2 Å². The number of alkyl halides is 3. The number of thioether (sulfide) groups is 1. The predicted molar refractivity (Wildman–Crippen MR) is 131 cm³/mol. The van der Waals surface area contributed by atoms with Gasteiger partial charge in [0.05, 0.1) is 29.3 Å². The van der Waals surface area contributed by atoms with Gasteiger partial charge in [0, 0.05) is 13.1 Å². The summed E-state index contributed by atoms with van der Waals surface area (Å²) in [6.07, 6.45) is -2.12. The summed E-state index contributed by atoms with van der Waals surface area (Å²) in [5, 5.41) is -0.180. The molecule has 204 valence electrons. The highest BCUT2D eigenvalue weighted by Crippen LogP contribution is 2.41. The summed E-state index contributed by atoms with van der Waals surface area (Å²) >= 11 is 7.20. The Morgan fingerprint density at radius 3 is 2.39 bits per heavy atom. The molecule has 2 fully saturated rings. The number of amidine groups is 1. The van der Waals surface area contributed by atoms with E-state index in [-0.39, 0.29) is 36.8 Å². The van der Waals surface area contributed by atoms with Crippen molar-refractivity contribution < 1.29 is 31.9 Å². The molecule has 2 aliphatic rings. The average molecular weight is 577 g/mol. The molecule has 9 nitrogen and oxygen atoms in total. The van der Waals surface area contributed by atoms with E-state index in [9.17, 15) is 36.7 Å². The predicted octanol–water partition coefficient (Wildman–Crippen LogP) is 3.79. The van der Waals surface area contributed by atoms with Gasteiger partial charge in [-0.15, -0.1) is 0 Å². The van der Waals surface area contributed by atoms with Gasteiger partial charge in [0.2, 0.25) is 5.91 Å². The Labute approximate surface area is 222 Å². The fourth-order valence-corrected chi connectivity index (χ4v) is 5.86. The lowest BCUT2D eigenvalue weighted by atomic mass is 9.80. The Hall–Kier alpha value is -3.13. The minimum Gasteiger partial charge on any atom is -0.467 e. The number of nitrogens with zero attached hydrogens (tertiary/aromatic N) is 4. The smallest absolute Gasteiger partial charge is 0.431 e. The molecule has 1 saturated carbocycles. The second-order valence-electron chi connectivity index (χ2n) is 8.79. The van der Waals surface area contributed by atoms with Crippen LogP contribution in [0, 0.1) is 5.82 Å². The van der Waals surface area contributed by atoms with Crippen molar-refractivity contribution in [2.45, 2.75) is 43.8 Å². The highest BCUT2D eigenvalue weighted by atomic mass is 35.5. The molecule has 15 heteroatoms. The average Bonchev–Trinajstić information content (AvgIpc) is 3.23. The zero-order valence-corrected chi connectivity index (χ0v) is 21.7. The first-order valence-corrected chi connectivity index (χ1v) is 12.7. The van der Waals surface area contributed by atoms with Crippen LogP contribution in [0.25, 0.3) is 5.69 Å². The first kappa shape index (κ1) is 27.9. The van der Waals surface area contributed by atoms with Gasteiger partial charge >= 0.3 is 17.8 Å². The monoisotopic (exact) mass is 576 g/mol. The summed E-state index contributed by atoms with van der Waals surface area (Å²) in [4.78, 5) is 56.6. The van der Waals surface area contributed by atoms with E-state index in [1.165, 1.54) is 12.0 Å². The van der Waals surface area contributed by atoms with Gasteiger partial charge in [0.15, 0.2) is 5.17 Å². The van der Waals surface area contributed by atoms with Gasteiger partial charge in [-0.1, -0.05) is 42.6 Å². The lowest BCUT2D eigenvalue weighted by Gasteiger charge is -2.41. The van der Waals surface area contributed by atoms with Crippen molar-refractivity contribution in [3.63, 3.8) is 0 Å². The van der Waals surface area contributed by atoms with Crippen LogP contribution in [0.3, 0.4) is 0 Å². The number of hydrogen-bond donors (Lipinski definition) is 0. The number of rotatable bonds is 4. The van der Waals surface area contributed by atoms with Gasteiger partial charge in [-0.2, -0.15) is 13.2 Å². The molecular weight excluding hydrogens is 556 g/mol. The fourth-order valence-electron chi connectivity index (χ4n) is 4.72. The van der Waals surface area contributed by atoms with E-state index in [4.69, 9.17) is 16.3 Å². The van der Waals surface area contributed by atoms with Crippen molar-refractivity contribution in [3.05, 3.63) is 55.6 Å². The summed E-state index contributed by atoms with van der Waals surface area (Å²) in [6, 6.07) is 1.85. The maximum Gasteiger partial charge on any atom is 0.431 e. The maximum absolute atomic E-state index is 14.9. The Morgan fingerprint density at radius 2 is 1.79 bits per heavy atom. The van der Waals surface area contributed by atoms with Gasteiger partial charge in [0.25, 0.3) is 5.56 Å². The Balaban J connectivity index is 1.87. The summed E-state index contributed by atoms with van der Waals surface area (Å²) in [7, 11) is 2.01. The second kappa shape index (κ2) is 10.2. The number of carbonyl (C=O) groups excluding carboxylic acids is 2. The molecule has 1 amide bonds. The number of benzene rings is 1. The van der Waals surface area contributed by atoms with E-state index < -0.39 is 52.0 Å². The molecule has 4 rings (SSSR count). The highest BCUT2D eigenvalue weighted by Gasteiger charge is 2.52. The Morgan fingerprint density at radius 1 is 1.13 bits per heavy atom. The van der Waals surface area contributed by atoms with Crippen molar-refractivity contribution in [2.75, 3.05) is 12.9 Å². The van der Waals surface area contributed by atoms with Crippen molar-refractivity contribution in [3.8, 4) is 5.69 Å². The molecular formula is C23H21ClF4N4O5S. The minimum atomic E-state index is -4.99. The number of halogens is 5. The maximum atomic E-state index is 14.9. The van der Waals surface area contributed by atoms with Crippen molar-refractivity contribution in [1.82, 2.24) is 14.0 Å². The van der Waals surface area contributed by atoms with Crippen LogP contribution in [0.2, 0.25) is 5.02 Å². The lowest BCUT2D eigenvalue weighted by Crippen LogP contribution is -2.58. The number of methoxy groups -OCH3 is 1. The van der Waals surface area contributed by atoms with Gasteiger partial charge in [-0.25, -0.2) is 23.5 Å². The molecule has 0 bridgehead atoms. The number of ether oxygens (including phenoxy) is 1. The van der Waals surface area contributed by atoms with Gasteiger partial charge in [-0.05, 0) is 25.0 Å². The Kier molecular flexibility index (Phi) is 7.49. The molecule has 38 heavy (non-hydrogen) atoms. The summed E-state index contributed by atoms with van der Waals surface area (Å²) < 4.78 is 60.0. The first-order chi connectivity index (χ1) is 17.8. The van der Waals surface area contributed by atoms with Gasteiger partial charge in [0.1, 0.15) is 17.1 Å². The van der Waals surface area contributed by atoms with Crippen LogP contribution >= 0.6 is 23.4 Å². The third kappa shape index (κ3) is 4.75. The van der Waals surface area contributed by atoms with E-state index in [0.29, 0.717) is 25.7 Å². The molecule has 2 aromatic rings. The van der Waals surface area contributed by atoms with Crippen LogP contribution in [0.15, 0.2) is 32.8 Å². The topological polar surface area (TPSA) is 103 Å². The van der Waals surface area contributed by atoms with Gasteiger partial charge < -0.3 is 4.74 Å². The van der Waals surface area contributed by atoms with E-state index in [1.54, 1.807) is 0 Å². The number of esters is 1. The molecule has 1 aromatic carbocycles. The third-order valence-electron chi connectivity index (χ3n) is 6.52. The van der Waals surface area contributed by atoms with Crippen LogP contribution < -0.4 is 11.2 Å². The zero-order valence-electron chi connectivity index (χ0n) is 20.1. The van der Waals surface area contributed by atoms with Crippen LogP contribution in [-0.2, 0) is 27.5 Å². The summed E-state index contributed by atoms with van der Waals surface area (Å²) in [5.74, 6) is -2.20. The molecule has 1 aliphatic heterocycles. The molecule has 1 aromatic heterocycles. The van der Waals surface area contributed by atoms with Crippen molar-refractivity contribution >= 4 is 46.1 Å². The van der Waals surface area contributed by atoms with E-state index in [2.05, 4.69) is 4.99 Å². The number of hydrogen-bond acceptors (Lipinski definition) is 7. The molecule has 0 radical (unpaired) electrons. The van der Waals surface area contributed by atoms with E-state index in [1.807, 2.05) is 0 Å². The molecule has 0 spiro atoms. The number of carbonyl (C=O) groups is 2. The SMILES string of the molecule is COC(=O)C1(N2C(=O)CS/C2=N\c2cc(-n3c(=O)cc(C(F)(F)F)n(C)c3=O)c(F)cc2Cl)CCCCC1. The number of aromatic nitrogens is 2. The number of aliphatic imine (C=N–C) groups is 1. The van der Waals surface area contributed by atoms with E-state index >= 15 is 0 Å². The largest absolute Gasteiger partial charge is 0.467 e. The second-order valence-corrected chi connectivity index (χ2v) is 10.1. The van der Waals surface area contributed by atoms with E-state index in [0.717, 1.165) is 37.4 Å². The van der Waals surface area contributed by atoms with Crippen LogP contribution in [0.5, 0.6) is 0 Å². The first-order valence-electron chi connectivity index (χ1n) is 11.3. The summed E-state index contributed by atoms with van der Waals surface area (Å²) in [6.45, 7) is 0. The highest BCUT2D eigenvalue weighted by molar-refractivity contribution is 8.15. The third-order valence-corrected chi connectivity index (χ3v) is 7.75. The molecule has 2 heterocycles. The molecule has 0 N–H and O–H groups in total. The normalized spacial score (nSPS) is 18.8. The lowest BCUT2D eigenvalue weighted by molar-refractivity contribution is -0.158. The minimum absolute atomic E-state index is 0.0395. The molecule has 0 unspecified atom stereocenters. The molecule has 1 saturated heterocycles. The zero-order chi connectivity index (χ0) is 28.0. The standard InChI is InChI=1S/C23H21ClF4N4O5S/c1-30-16(23(26,27)28)10-17(33)31(21(30)36)15-9-14(12(24)8-13(15)25)29-20-32(18(34)11-38-20)22(19(35)37-2)6-4-3-5-7-22/h8-10H,3-7,11H2,1-2H3/b29-20-. The van der Waals surface area contributed by atoms with Crippen LogP contribution in [-0.4, -0.2) is 49.5 Å². The quantitative estimate of drug-likeness (QED) is 0.405. The van der Waals surface area contributed by atoms with Gasteiger partial charge in [-0.3, -0.25) is 19.1 Å².